The Bertz CT molecular complexity index is 799. The molecule has 2 aromatic rings. The van der Waals surface area contributed by atoms with E-state index in [1.165, 1.54) is 6.07 Å². The van der Waals surface area contributed by atoms with Crippen LogP contribution in [-0.2, 0) is 7.48 Å². The maximum atomic E-state index is 10.9. The quantitative estimate of drug-likeness (QED) is 0.321. The van der Waals surface area contributed by atoms with Crippen LogP contribution in [0.4, 0.5) is 5.69 Å². The van der Waals surface area contributed by atoms with Crippen LogP contribution in [0.2, 0.25) is 0 Å². The molecule has 24 heavy (non-hydrogen) atoms. The molecular weight excluding hydrogens is 444 g/mol. The number of rotatable bonds is 3. The first-order chi connectivity index (χ1) is 11.0. The summed E-state index contributed by atoms with van der Waals surface area (Å²) in [4.78, 5) is 9.70. The fourth-order valence-electron chi connectivity index (χ4n) is 1.70. The summed E-state index contributed by atoms with van der Waals surface area (Å²) in [5.74, 6) is 0. The number of nitro groups is 1. The van der Waals surface area contributed by atoms with Gasteiger partial charge in [0.15, 0.2) is 0 Å². The van der Waals surface area contributed by atoms with Crippen molar-refractivity contribution in [2.45, 2.75) is 13.8 Å². The van der Waals surface area contributed by atoms with Crippen molar-refractivity contribution in [2.24, 2.45) is 0 Å². The molecule has 0 aliphatic heterocycles. The minimum absolute atomic E-state index is 0.487. The molecule has 0 heterocycles. The van der Waals surface area contributed by atoms with Gasteiger partial charge in [-0.1, -0.05) is 0 Å². The first-order valence-corrected chi connectivity index (χ1v) is 12.5. The number of nitrogens with zero attached hydrogens (tertiary/aromatic N) is 1. The third-order valence-electron chi connectivity index (χ3n) is 2.90. The van der Waals surface area contributed by atoms with E-state index in [2.05, 4.69) is 0 Å². The standard InChI is InChI=1S/C7H8AsNO5.C7H8AsO2/c1-5-2-3-6(8(10,11)12)7(4-5)9(13)14;1-6-2-4-7(5-3-6)8(9)10/h2-4H,1H3,(H2,10,11,12);2-5H,1H3,(H,9,10). The van der Waals surface area contributed by atoms with Crippen LogP contribution in [0.3, 0.4) is 0 Å². The molecule has 0 saturated heterocycles. The third-order valence-corrected chi connectivity index (χ3v) is 6.56. The first kappa shape index (κ1) is 20.5. The molecule has 2 rings (SSSR count). The molecule has 0 fully saturated rings. The van der Waals surface area contributed by atoms with Gasteiger partial charge >= 0.3 is 146 Å². The number of benzene rings is 2. The Morgan fingerprint density at radius 3 is 1.96 bits per heavy atom. The van der Waals surface area contributed by atoms with Crippen LogP contribution in [0.25, 0.3) is 0 Å². The molecule has 10 heteroatoms. The van der Waals surface area contributed by atoms with Crippen molar-refractivity contribution in [2.75, 3.05) is 0 Å². The molecule has 2 aromatic carbocycles. The average molecular weight is 460 g/mol. The average Bonchev–Trinajstić information content (AvgIpc) is 2.47. The summed E-state index contributed by atoms with van der Waals surface area (Å²) in [6.07, 6.45) is 0. The molecule has 1 unspecified atom stereocenters. The van der Waals surface area contributed by atoms with Crippen molar-refractivity contribution >= 4 is 43.5 Å². The van der Waals surface area contributed by atoms with Gasteiger partial charge in [0.2, 0.25) is 0 Å². The Morgan fingerprint density at radius 1 is 1.04 bits per heavy atom. The maximum absolute atomic E-state index is 10.9. The topological polar surface area (TPSA) is 138 Å². The van der Waals surface area contributed by atoms with Crippen LogP contribution >= 0.6 is 0 Å². The fourth-order valence-corrected chi connectivity index (χ4v) is 4.04. The van der Waals surface area contributed by atoms with Crippen LogP contribution < -0.4 is 8.70 Å². The van der Waals surface area contributed by atoms with E-state index >= 15 is 0 Å². The second-order valence-electron chi connectivity index (χ2n) is 4.90. The van der Waals surface area contributed by atoms with Crippen molar-refractivity contribution in [1.29, 1.82) is 0 Å². The van der Waals surface area contributed by atoms with E-state index in [1.54, 1.807) is 19.1 Å². The van der Waals surface area contributed by atoms with Crippen LogP contribution in [-0.4, -0.2) is 46.3 Å². The van der Waals surface area contributed by atoms with Gasteiger partial charge in [-0.3, -0.25) is 0 Å². The summed E-state index contributed by atoms with van der Waals surface area (Å²) < 4.78 is 48.0. The van der Waals surface area contributed by atoms with Gasteiger partial charge in [0.05, 0.1) is 0 Å². The van der Waals surface area contributed by atoms with E-state index in [-0.39, 0.29) is 0 Å². The van der Waals surface area contributed by atoms with E-state index in [4.69, 9.17) is 12.3 Å². The third kappa shape index (κ3) is 6.15. The van der Waals surface area contributed by atoms with Gasteiger partial charge in [-0.15, -0.1) is 0 Å². The Kier molecular flexibility index (Phi) is 7.26. The van der Waals surface area contributed by atoms with Crippen LogP contribution in [0, 0.1) is 24.0 Å². The number of aryl methyl sites for hydroxylation is 2. The van der Waals surface area contributed by atoms with Crippen molar-refractivity contribution in [3.05, 3.63) is 63.7 Å². The summed E-state index contributed by atoms with van der Waals surface area (Å²) in [7, 11) is 0. The molecule has 3 N–H and O–H groups in total. The van der Waals surface area contributed by atoms with Gasteiger partial charge in [-0.25, -0.2) is 0 Å². The number of nitro benzene ring substituents is 1. The van der Waals surface area contributed by atoms with Gasteiger partial charge < -0.3 is 0 Å². The molecular formula is C14H16As2NO7. The predicted molar refractivity (Wildman–Crippen MR) is 87.8 cm³/mol. The zero-order valence-electron chi connectivity index (χ0n) is 12.9. The van der Waals surface area contributed by atoms with E-state index in [0.29, 0.717) is 9.91 Å². The van der Waals surface area contributed by atoms with Crippen molar-refractivity contribution < 1.29 is 24.7 Å². The predicted octanol–water partition coefficient (Wildman–Crippen LogP) is -0.423. The second kappa shape index (κ2) is 8.51. The molecule has 0 aliphatic carbocycles. The molecule has 0 aliphatic rings. The van der Waals surface area contributed by atoms with Crippen molar-refractivity contribution in [1.82, 2.24) is 0 Å². The van der Waals surface area contributed by atoms with Gasteiger partial charge in [0, 0.05) is 0 Å². The molecule has 1 atom stereocenters. The van der Waals surface area contributed by atoms with E-state index in [9.17, 15) is 17.6 Å². The van der Waals surface area contributed by atoms with Gasteiger partial charge in [0.25, 0.3) is 0 Å². The van der Waals surface area contributed by atoms with Crippen LogP contribution in [0.5, 0.6) is 0 Å². The fraction of sp³-hybridized carbons (Fsp3) is 0.143. The Morgan fingerprint density at radius 2 is 1.54 bits per heavy atom. The zero-order chi connectivity index (χ0) is 18.5. The van der Waals surface area contributed by atoms with Gasteiger partial charge in [0.1, 0.15) is 0 Å². The van der Waals surface area contributed by atoms with E-state index in [1.807, 2.05) is 19.1 Å². The molecule has 8 nitrogen and oxygen atoms in total. The SMILES string of the molecule is Cc1ccc([As](=O)(O)O)c([N+](=O)[O-])c1.Cc1ccc([As](=O)O)cc1. The summed E-state index contributed by atoms with van der Waals surface area (Å²) in [5.41, 5.74) is 1.18. The van der Waals surface area contributed by atoms with Crippen LogP contribution in [0.1, 0.15) is 11.1 Å². The first-order valence-electron chi connectivity index (χ1n) is 6.56. The van der Waals surface area contributed by atoms with E-state index < -0.39 is 44.1 Å². The number of hydrogen-bond acceptors (Lipinski definition) is 4. The Hall–Kier alpha value is -1.56. The molecule has 0 amide bonds. The zero-order valence-corrected chi connectivity index (χ0v) is 16.6. The second-order valence-corrected chi connectivity index (χ2v) is 10.4. The molecule has 0 bridgehead atoms. The molecule has 0 spiro atoms. The normalized spacial score (nSPS) is 11.3. The summed E-state index contributed by atoms with van der Waals surface area (Å²) in [6.45, 7) is 3.56. The van der Waals surface area contributed by atoms with Crippen molar-refractivity contribution in [3.63, 3.8) is 0 Å². The molecule has 129 valence electrons. The summed E-state index contributed by atoms with van der Waals surface area (Å²) in [6, 6.07) is 10.8. The molecule has 0 aromatic heterocycles. The monoisotopic (exact) mass is 460 g/mol. The van der Waals surface area contributed by atoms with E-state index in [0.717, 1.165) is 17.7 Å². The van der Waals surface area contributed by atoms with Gasteiger partial charge in [-0.05, 0) is 0 Å². The molecule has 1 radical (unpaired) electrons. The number of hydrogen-bond donors (Lipinski definition) is 3. The Balaban J connectivity index is 0.000000254. The molecule has 0 saturated carbocycles. The Labute approximate surface area is 145 Å². The minimum atomic E-state index is -5.19. The van der Waals surface area contributed by atoms with Crippen LogP contribution in [0.15, 0.2) is 42.5 Å². The summed E-state index contributed by atoms with van der Waals surface area (Å²) in [5, 5.41) is 10.5. The van der Waals surface area contributed by atoms with Crippen molar-refractivity contribution in [3.8, 4) is 0 Å². The summed E-state index contributed by atoms with van der Waals surface area (Å²) >= 11 is -8.05. The van der Waals surface area contributed by atoms with Gasteiger partial charge in [-0.2, -0.15) is 0 Å².